The van der Waals surface area contributed by atoms with Gasteiger partial charge in [0.05, 0.1) is 19.3 Å². The highest BCUT2D eigenvalue weighted by molar-refractivity contribution is 5.90. The number of hydrogen-bond donors (Lipinski definition) is 1. The van der Waals surface area contributed by atoms with Crippen LogP contribution in [-0.2, 0) is 9.47 Å². The number of piperidine rings is 1. The lowest BCUT2D eigenvalue weighted by molar-refractivity contribution is -0.0184. The monoisotopic (exact) mass is 268 g/mol. The molecule has 2 heterocycles. The van der Waals surface area contributed by atoms with E-state index in [1.165, 1.54) is 6.33 Å². The zero-order valence-corrected chi connectivity index (χ0v) is 11.2. The first-order valence-corrected chi connectivity index (χ1v) is 6.65. The molecule has 106 valence electrons. The van der Waals surface area contributed by atoms with Crippen molar-refractivity contribution in [3.8, 4) is 0 Å². The lowest BCUT2D eigenvalue weighted by atomic mass is 10.1. The molecular weight excluding hydrogens is 248 g/mol. The van der Waals surface area contributed by atoms with Crippen molar-refractivity contribution in [1.29, 1.82) is 0 Å². The predicted molar refractivity (Wildman–Crippen MR) is 67.8 cm³/mol. The van der Waals surface area contributed by atoms with Crippen LogP contribution in [0.5, 0.6) is 0 Å². The maximum Gasteiger partial charge on any atom is 0.291 e. The van der Waals surface area contributed by atoms with E-state index in [9.17, 15) is 4.79 Å². The Kier molecular flexibility index (Phi) is 5.29. The lowest BCUT2D eigenvalue weighted by Crippen LogP contribution is -2.41. The van der Waals surface area contributed by atoms with Gasteiger partial charge in [0.2, 0.25) is 5.82 Å². The molecule has 1 aromatic heterocycles. The van der Waals surface area contributed by atoms with Crippen LogP contribution in [0.15, 0.2) is 6.33 Å². The molecule has 7 heteroatoms. The SMILES string of the molecule is CCOCCOC1CCN(C(=O)c2ncn[nH]2)CC1. The van der Waals surface area contributed by atoms with Gasteiger partial charge in [-0.3, -0.25) is 9.89 Å². The number of carbonyl (C=O) groups is 1. The summed E-state index contributed by atoms with van der Waals surface area (Å²) in [6, 6.07) is 0. The summed E-state index contributed by atoms with van der Waals surface area (Å²) in [6.45, 7) is 5.32. The fraction of sp³-hybridized carbons (Fsp3) is 0.750. The minimum absolute atomic E-state index is 0.0923. The molecule has 0 radical (unpaired) electrons. The zero-order chi connectivity index (χ0) is 13.5. The maximum atomic E-state index is 12.0. The van der Waals surface area contributed by atoms with Gasteiger partial charge in [-0.2, -0.15) is 5.10 Å². The Bertz CT molecular complexity index is 374. The summed E-state index contributed by atoms with van der Waals surface area (Å²) in [5, 5.41) is 6.28. The Labute approximate surface area is 112 Å². The average Bonchev–Trinajstić information content (AvgIpc) is 2.98. The van der Waals surface area contributed by atoms with Crippen LogP contribution in [0, 0.1) is 0 Å². The summed E-state index contributed by atoms with van der Waals surface area (Å²) in [5.41, 5.74) is 0. The van der Waals surface area contributed by atoms with E-state index in [4.69, 9.17) is 9.47 Å². The van der Waals surface area contributed by atoms with Crippen LogP contribution < -0.4 is 0 Å². The molecule has 1 aromatic rings. The van der Waals surface area contributed by atoms with Crippen molar-refractivity contribution in [3.63, 3.8) is 0 Å². The Morgan fingerprint density at radius 1 is 1.47 bits per heavy atom. The predicted octanol–water partition coefficient (Wildman–Crippen LogP) is 0.462. The normalized spacial score (nSPS) is 16.8. The van der Waals surface area contributed by atoms with E-state index < -0.39 is 0 Å². The summed E-state index contributed by atoms with van der Waals surface area (Å²) in [6.07, 6.45) is 3.27. The van der Waals surface area contributed by atoms with Gasteiger partial charge < -0.3 is 14.4 Å². The summed E-state index contributed by atoms with van der Waals surface area (Å²) in [7, 11) is 0. The molecular formula is C12H20N4O3. The number of aromatic nitrogens is 3. The third kappa shape index (κ3) is 4.00. The van der Waals surface area contributed by atoms with Crippen LogP contribution >= 0.6 is 0 Å². The van der Waals surface area contributed by atoms with E-state index >= 15 is 0 Å². The molecule has 1 saturated heterocycles. The minimum atomic E-state index is -0.0923. The molecule has 0 aromatic carbocycles. The second-order valence-electron chi connectivity index (χ2n) is 4.39. The third-order valence-corrected chi connectivity index (χ3v) is 3.13. The largest absolute Gasteiger partial charge is 0.379 e. The zero-order valence-electron chi connectivity index (χ0n) is 11.2. The number of nitrogens with zero attached hydrogens (tertiary/aromatic N) is 3. The molecule has 1 aliphatic rings. The van der Waals surface area contributed by atoms with E-state index in [0.29, 0.717) is 38.7 Å². The summed E-state index contributed by atoms with van der Waals surface area (Å²) in [4.78, 5) is 17.7. The van der Waals surface area contributed by atoms with Gasteiger partial charge in [0.25, 0.3) is 5.91 Å². The van der Waals surface area contributed by atoms with Gasteiger partial charge in [-0.05, 0) is 19.8 Å². The van der Waals surface area contributed by atoms with Crippen LogP contribution in [-0.4, -0.2) is 65.0 Å². The summed E-state index contributed by atoms with van der Waals surface area (Å²) < 4.78 is 10.9. The Balaban J connectivity index is 1.69. The Hall–Kier alpha value is -1.47. The van der Waals surface area contributed by atoms with Crippen molar-refractivity contribution >= 4 is 5.91 Å². The van der Waals surface area contributed by atoms with Crippen molar-refractivity contribution in [2.24, 2.45) is 0 Å². The van der Waals surface area contributed by atoms with Gasteiger partial charge >= 0.3 is 0 Å². The second kappa shape index (κ2) is 7.20. The van der Waals surface area contributed by atoms with Crippen molar-refractivity contribution in [2.45, 2.75) is 25.9 Å². The fourth-order valence-corrected chi connectivity index (χ4v) is 2.10. The first kappa shape index (κ1) is 14.0. The van der Waals surface area contributed by atoms with Crippen LogP contribution in [0.1, 0.15) is 30.4 Å². The van der Waals surface area contributed by atoms with Gasteiger partial charge in [-0.15, -0.1) is 0 Å². The molecule has 19 heavy (non-hydrogen) atoms. The number of carbonyl (C=O) groups excluding carboxylic acids is 1. The number of amides is 1. The molecule has 0 atom stereocenters. The molecule has 1 amide bonds. The minimum Gasteiger partial charge on any atom is -0.379 e. The van der Waals surface area contributed by atoms with Crippen LogP contribution in [0.3, 0.4) is 0 Å². The van der Waals surface area contributed by atoms with E-state index in [-0.39, 0.29) is 12.0 Å². The Morgan fingerprint density at radius 2 is 2.26 bits per heavy atom. The number of hydrogen-bond acceptors (Lipinski definition) is 5. The van der Waals surface area contributed by atoms with Crippen molar-refractivity contribution in [2.75, 3.05) is 32.9 Å². The standard InChI is InChI=1S/C12H20N4O3/c1-2-18-7-8-19-10-3-5-16(6-4-10)12(17)11-13-9-14-15-11/h9-10H,2-8H2,1H3,(H,13,14,15). The highest BCUT2D eigenvalue weighted by Crippen LogP contribution is 2.15. The van der Waals surface area contributed by atoms with Gasteiger partial charge in [-0.25, -0.2) is 4.98 Å². The van der Waals surface area contributed by atoms with Crippen LogP contribution in [0.4, 0.5) is 0 Å². The third-order valence-electron chi connectivity index (χ3n) is 3.13. The smallest absolute Gasteiger partial charge is 0.291 e. The molecule has 0 unspecified atom stereocenters. The molecule has 0 bridgehead atoms. The van der Waals surface area contributed by atoms with Crippen molar-refractivity contribution < 1.29 is 14.3 Å². The second-order valence-corrected chi connectivity index (χ2v) is 4.39. The number of rotatable bonds is 6. The molecule has 7 nitrogen and oxygen atoms in total. The topological polar surface area (TPSA) is 80.3 Å². The van der Waals surface area contributed by atoms with E-state index in [1.54, 1.807) is 4.90 Å². The van der Waals surface area contributed by atoms with Crippen LogP contribution in [0.2, 0.25) is 0 Å². The molecule has 0 spiro atoms. The molecule has 0 aliphatic carbocycles. The number of likely N-dealkylation sites (tertiary alicyclic amines) is 1. The van der Waals surface area contributed by atoms with Gasteiger partial charge in [0.1, 0.15) is 6.33 Å². The van der Waals surface area contributed by atoms with Gasteiger partial charge in [-0.1, -0.05) is 0 Å². The summed E-state index contributed by atoms with van der Waals surface area (Å²) in [5.74, 6) is 0.209. The average molecular weight is 268 g/mol. The highest BCUT2D eigenvalue weighted by atomic mass is 16.5. The molecule has 2 rings (SSSR count). The van der Waals surface area contributed by atoms with E-state index in [2.05, 4.69) is 15.2 Å². The van der Waals surface area contributed by atoms with Crippen molar-refractivity contribution in [1.82, 2.24) is 20.1 Å². The van der Waals surface area contributed by atoms with Crippen molar-refractivity contribution in [3.05, 3.63) is 12.2 Å². The summed E-state index contributed by atoms with van der Waals surface area (Å²) >= 11 is 0. The number of nitrogens with one attached hydrogen (secondary N) is 1. The first-order valence-electron chi connectivity index (χ1n) is 6.65. The fourth-order valence-electron chi connectivity index (χ4n) is 2.10. The van der Waals surface area contributed by atoms with Crippen LogP contribution in [0.25, 0.3) is 0 Å². The molecule has 0 saturated carbocycles. The molecule has 1 aliphatic heterocycles. The first-order chi connectivity index (χ1) is 9.31. The van der Waals surface area contributed by atoms with E-state index in [1.807, 2.05) is 6.92 Å². The van der Waals surface area contributed by atoms with Gasteiger partial charge in [0.15, 0.2) is 0 Å². The maximum absolute atomic E-state index is 12.0. The van der Waals surface area contributed by atoms with E-state index in [0.717, 1.165) is 12.8 Å². The quantitative estimate of drug-likeness (QED) is 0.758. The highest BCUT2D eigenvalue weighted by Gasteiger charge is 2.25. The number of aromatic amines is 1. The number of H-pyrrole nitrogens is 1. The molecule has 1 N–H and O–H groups in total. The lowest BCUT2D eigenvalue weighted by Gasteiger charge is -2.31. The molecule has 1 fully saturated rings. The van der Waals surface area contributed by atoms with Gasteiger partial charge in [0, 0.05) is 19.7 Å². The Morgan fingerprint density at radius 3 is 2.89 bits per heavy atom. The number of ether oxygens (including phenoxy) is 2.